The molecule has 0 aromatic heterocycles. The van der Waals surface area contributed by atoms with Crippen LogP contribution in [0, 0.1) is 5.82 Å². The first-order valence-corrected chi connectivity index (χ1v) is 7.87. The predicted molar refractivity (Wildman–Crippen MR) is 75.0 cm³/mol. The van der Waals surface area contributed by atoms with Crippen LogP contribution in [0.5, 0.6) is 0 Å². The summed E-state index contributed by atoms with van der Waals surface area (Å²) in [6.07, 6.45) is 0.679. The fourth-order valence-corrected chi connectivity index (χ4v) is 3.41. The Balaban J connectivity index is 3.52. The summed E-state index contributed by atoms with van der Waals surface area (Å²) in [5.74, 6) is -1.69. The molecule has 0 saturated heterocycles. The van der Waals surface area contributed by atoms with E-state index in [1.165, 1.54) is 11.9 Å². The van der Waals surface area contributed by atoms with E-state index in [1.54, 1.807) is 0 Å². The second-order valence-electron chi connectivity index (χ2n) is 4.13. The van der Waals surface area contributed by atoms with Gasteiger partial charge in [-0.1, -0.05) is 30.1 Å². The van der Waals surface area contributed by atoms with E-state index in [1.807, 2.05) is 6.92 Å². The molecule has 2 N–H and O–H groups in total. The topological polar surface area (TPSA) is 80.5 Å². The molecule has 1 amide bonds. The first-order valence-electron chi connectivity index (χ1n) is 5.57. The summed E-state index contributed by atoms with van der Waals surface area (Å²) >= 11 is 11.4. The number of hydrogen-bond acceptors (Lipinski definition) is 3. The van der Waals surface area contributed by atoms with Crippen LogP contribution >= 0.6 is 23.2 Å². The van der Waals surface area contributed by atoms with E-state index in [4.69, 9.17) is 28.3 Å². The molecule has 1 rings (SSSR count). The van der Waals surface area contributed by atoms with Crippen LogP contribution in [-0.4, -0.2) is 32.8 Å². The zero-order valence-corrected chi connectivity index (χ0v) is 13.1. The Morgan fingerprint density at radius 2 is 1.95 bits per heavy atom. The molecule has 20 heavy (non-hydrogen) atoms. The lowest BCUT2D eigenvalue weighted by Gasteiger charge is -2.18. The standard InChI is InChI=1S/C11H13Cl2FN2O3S/c1-3-4-16(2)11(17)6-5-7(14)9(13)10(8(6)12)20(15,18)19/h5H,3-4H2,1-2H3,(H2,15,18,19). The SMILES string of the molecule is CCCN(C)C(=O)c1cc(F)c(Cl)c(S(N)(=O)=O)c1Cl. The molecule has 0 heterocycles. The van der Waals surface area contributed by atoms with Gasteiger partial charge in [0.15, 0.2) is 0 Å². The quantitative estimate of drug-likeness (QED) is 0.852. The summed E-state index contributed by atoms with van der Waals surface area (Å²) in [7, 11) is -2.86. The Morgan fingerprint density at radius 3 is 2.40 bits per heavy atom. The zero-order chi connectivity index (χ0) is 15.7. The van der Waals surface area contributed by atoms with Crippen molar-refractivity contribution in [3.63, 3.8) is 0 Å². The van der Waals surface area contributed by atoms with E-state index in [2.05, 4.69) is 0 Å². The average molecular weight is 343 g/mol. The molecule has 9 heteroatoms. The maximum absolute atomic E-state index is 13.7. The van der Waals surface area contributed by atoms with Crippen LogP contribution in [0.1, 0.15) is 23.7 Å². The number of halogens is 3. The van der Waals surface area contributed by atoms with Gasteiger partial charge in [-0.2, -0.15) is 0 Å². The molecule has 1 aromatic rings. The maximum atomic E-state index is 13.7. The lowest BCUT2D eigenvalue weighted by atomic mass is 10.2. The van der Waals surface area contributed by atoms with Gasteiger partial charge in [0.2, 0.25) is 10.0 Å². The van der Waals surface area contributed by atoms with E-state index < -0.39 is 36.7 Å². The minimum Gasteiger partial charge on any atom is -0.342 e. The third-order valence-electron chi connectivity index (χ3n) is 2.54. The number of sulfonamides is 1. The van der Waals surface area contributed by atoms with Crippen molar-refractivity contribution in [2.75, 3.05) is 13.6 Å². The minimum absolute atomic E-state index is 0.298. The summed E-state index contributed by atoms with van der Waals surface area (Å²) in [5, 5.41) is 3.73. The summed E-state index contributed by atoms with van der Waals surface area (Å²) < 4.78 is 36.5. The first kappa shape index (κ1) is 17.2. The molecule has 0 aliphatic carbocycles. The molecule has 0 aliphatic rings. The largest absolute Gasteiger partial charge is 0.342 e. The molecule has 0 unspecified atom stereocenters. The number of nitrogens with two attached hydrogens (primary N) is 1. The van der Waals surface area contributed by atoms with Gasteiger partial charge in [0, 0.05) is 13.6 Å². The molecule has 0 saturated carbocycles. The van der Waals surface area contributed by atoms with Gasteiger partial charge in [0.05, 0.1) is 15.6 Å². The average Bonchev–Trinajstić information content (AvgIpc) is 2.31. The highest BCUT2D eigenvalue weighted by atomic mass is 35.5. The van der Waals surface area contributed by atoms with E-state index >= 15 is 0 Å². The van der Waals surface area contributed by atoms with Crippen molar-refractivity contribution in [1.82, 2.24) is 4.90 Å². The van der Waals surface area contributed by atoms with Gasteiger partial charge in [-0.25, -0.2) is 17.9 Å². The highest BCUT2D eigenvalue weighted by molar-refractivity contribution is 7.89. The number of amides is 1. The number of benzene rings is 1. The lowest BCUT2D eigenvalue weighted by molar-refractivity contribution is 0.0794. The molecule has 0 fully saturated rings. The number of rotatable bonds is 4. The van der Waals surface area contributed by atoms with Crippen LogP contribution < -0.4 is 5.14 Å². The summed E-state index contributed by atoms with van der Waals surface area (Å²) in [5.41, 5.74) is -0.298. The van der Waals surface area contributed by atoms with E-state index in [0.29, 0.717) is 13.0 Å². The van der Waals surface area contributed by atoms with Gasteiger partial charge >= 0.3 is 0 Å². The van der Waals surface area contributed by atoms with Gasteiger partial charge in [-0.05, 0) is 12.5 Å². The van der Waals surface area contributed by atoms with Gasteiger partial charge in [0.1, 0.15) is 10.7 Å². The van der Waals surface area contributed by atoms with Crippen molar-refractivity contribution in [1.29, 1.82) is 0 Å². The fraction of sp³-hybridized carbons (Fsp3) is 0.364. The third-order valence-corrected chi connectivity index (χ3v) is 4.50. The molecule has 0 spiro atoms. The monoisotopic (exact) mass is 342 g/mol. The molecular formula is C11H13Cl2FN2O3S. The van der Waals surface area contributed by atoms with Crippen molar-refractivity contribution < 1.29 is 17.6 Å². The molecule has 112 valence electrons. The van der Waals surface area contributed by atoms with Crippen molar-refractivity contribution in [3.8, 4) is 0 Å². The van der Waals surface area contributed by atoms with Crippen LogP contribution in [0.25, 0.3) is 0 Å². The predicted octanol–water partition coefficient (Wildman–Crippen LogP) is 2.26. The lowest BCUT2D eigenvalue weighted by Crippen LogP contribution is -2.28. The van der Waals surface area contributed by atoms with Crippen molar-refractivity contribution >= 4 is 39.1 Å². The Kier molecular flexibility index (Phi) is 5.37. The summed E-state index contributed by atoms with van der Waals surface area (Å²) in [6, 6.07) is 0.799. The van der Waals surface area contributed by atoms with Gasteiger partial charge < -0.3 is 4.90 Å². The van der Waals surface area contributed by atoms with E-state index in [-0.39, 0.29) is 5.56 Å². The summed E-state index contributed by atoms with van der Waals surface area (Å²) in [6.45, 7) is 2.26. The highest BCUT2D eigenvalue weighted by Crippen LogP contribution is 2.34. The summed E-state index contributed by atoms with van der Waals surface area (Å²) in [4.78, 5) is 12.6. The van der Waals surface area contributed by atoms with Crippen LogP contribution in [0.3, 0.4) is 0 Å². The van der Waals surface area contributed by atoms with Crippen LogP contribution in [0.2, 0.25) is 10.0 Å². The van der Waals surface area contributed by atoms with Gasteiger partial charge in [-0.3, -0.25) is 4.79 Å². The van der Waals surface area contributed by atoms with Crippen molar-refractivity contribution in [2.45, 2.75) is 18.2 Å². The second-order valence-corrected chi connectivity index (χ2v) is 6.39. The fourth-order valence-electron chi connectivity index (χ4n) is 1.63. The van der Waals surface area contributed by atoms with Crippen LogP contribution in [-0.2, 0) is 10.0 Å². The Bertz CT molecular complexity index is 650. The first-order chi connectivity index (χ1) is 9.11. The number of primary sulfonamides is 1. The van der Waals surface area contributed by atoms with Gasteiger partial charge in [-0.15, -0.1) is 0 Å². The Labute approximate surface area is 126 Å². The number of carbonyl (C=O) groups is 1. The zero-order valence-electron chi connectivity index (χ0n) is 10.8. The number of hydrogen-bond donors (Lipinski definition) is 1. The normalized spacial score (nSPS) is 11.5. The van der Waals surface area contributed by atoms with E-state index in [0.717, 1.165) is 6.07 Å². The molecule has 0 aliphatic heterocycles. The molecule has 0 bridgehead atoms. The Hall–Kier alpha value is -0.890. The molecular weight excluding hydrogens is 330 g/mol. The van der Waals surface area contributed by atoms with Crippen LogP contribution in [0.15, 0.2) is 11.0 Å². The van der Waals surface area contributed by atoms with Crippen molar-refractivity contribution in [3.05, 3.63) is 27.5 Å². The highest BCUT2D eigenvalue weighted by Gasteiger charge is 2.27. The molecule has 0 atom stereocenters. The third kappa shape index (κ3) is 3.41. The number of nitrogens with zero attached hydrogens (tertiary/aromatic N) is 1. The smallest absolute Gasteiger partial charge is 0.255 e. The van der Waals surface area contributed by atoms with Gasteiger partial charge in [0.25, 0.3) is 5.91 Å². The van der Waals surface area contributed by atoms with Crippen molar-refractivity contribution in [2.24, 2.45) is 5.14 Å². The Morgan fingerprint density at radius 1 is 1.40 bits per heavy atom. The number of carbonyl (C=O) groups excluding carboxylic acids is 1. The molecule has 5 nitrogen and oxygen atoms in total. The maximum Gasteiger partial charge on any atom is 0.255 e. The minimum atomic E-state index is -4.36. The molecule has 1 aromatic carbocycles. The second kappa shape index (κ2) is 6.26. The van der Waals surface area contributed by atoms with Crippen LogP contribution in [0.4, 0.5) is 4.39 Å². The molecule has 0 radical (unpaired) electrons. The van der Waals surface area contributed by atoms with E-state index in [9.17, 15) is 17.6 Å².